The van der Waals surface area contributed by atoms with Crippen LogP contribution in [0.5, 0.6) is 0 Å². The molecule has 0 aliphatic heterocycles. The lowest BCUT2D eigenvalue weighted by Gasteiger charge is -2.12. The molecule has 0 saturated heterocycles. The third-order valence-corrected chi connectivity index (χ3v) is 4.69. The molecular formula is C16H17BrN2O. The second kappa shape index (κ2) is 5.52. The van der Waals surface area contributed by atoms with Crippen LogP contribution in [0.1, 0.15) is 42.9 Å². The van der Waals surface area contributed by atoms with Crippen LogP contribution in [0, 0.1) is 6.92 Å². The Bertz CT molecular complexity index is 687. The quantitative estimate of drug-likeness (QED) is 0.897. The molecule has 104 valence electrons. The van der Waals surface area contributed by atoms with E-state index < -0.39 is 0 Å². The number of aromatic nitrogens is 2. The van der Waals surface area contributed by atoms with E-state index >= 15 is 0 Å². The van der Waals surface area contributed by atoms with Crippen molar-refractivity contribution in [3.63, 3.8) is 0 Å². The summed E-state index contributed by atoms with van der Waals surface area (Å²) in [6.07, 6.45) is 4.71. The number of hydrogen-bond donors (Lipinski definition) is 1. The minimum absolute atomic E-state index is 0.0848. The summed E-state index contributed by atoms with van der Waals surface area (Å²) in [5, 5.41) is 0. The molecular weight excluding hydrogens is 316 g/mol. The molecule has 1 aliphatic carbocycles. The molecule has 0 bridgehead atoms. The molecule has 0 radical (unpaired) electrons. The first-order valence-corrected chi connectivity index (χ1v) is 7.81. The molecule has 0 atom stereocenters. The molecule has 1 aromatic carbocycles. The van der Waals surface area contributed by atoms with Crippen molar-refractivity contribution < 1.29 is 0 Å². The van der Waals surface area contributed by atoms with E-state index in [-0.39, 0.29) is 5.56 Å². The standard InChI is InChI=1S/C16H17BrN2O/c1-10-5-4-8-12(9-10)15-18-14(11-6-2-3-7-11)13(17)16(20)19-15/h4-5,8-9,11H,2-3,6-7H2,1H3,(H,18,19,20). The number of rotatable bonds is 2. The summed E-state index contributed by atoms with van der Waals surface area (Å²) >= 11 is 3.41. The smallest absolute Gasteiger partial charge is 0.265 e. The molecule has 4 heteroatoms. The number of halogens is 1. The van der Waals surface area contributed by atoms with Crippen LogP contribution in [-0.2, 0) is 0 Å². The van der Waals surface area contributed by atoms with E-state index in [0.717, 1.165) is 29.7 Å². The van der Waals surface area contributed by atoms with Crippen molar-refractivity contribution in [3.05, 3.63) is 50.3 Å². The lowest BCUT2D eigenvalue weighted by molar-refractivity contribution is 0.688. The first-order valence-electron chi connectivity index (χ1n) is 7.02. The first kappa shape index (κ1) is 13.6. The molecule has 1 fully saturated rings. The van der Waals surface area contributed by atoms with Crippen molar-refractivity contribution in [2.24, 2.45) is 0 Å². The molecule has 0 spiro atoms. The Balaban J connectivity index is 2.11. The van der Waals surface area contributed by atoms with Gasteiger partial charge in [-0.05, 0) is 41.8 Å². The second-order valence-corrected chi connectivity index (χ2v) is 6.26. The predicted octanol–water partition coefficient (Wildman–Crippen LogP) is 4.17. The number of aryl methyl sites for hydroxylation is 1. The van der Waals surface area contributed by atoms with Gasteiger partial charge in [-0.1, -0.05) is 36.6 Å². The SMILES string of the molecule is Cc1cccc(-c2nc(C3CCCC3)c(Br)c(=O)[nH]2)c1. The zero-order chi connectivity index (χ0) is 14.1. The summed E-state index contributed by atoms with van der Waals surface area (Å²) in [6.45, 7) is 2.04. The van der Waals surface area contributed by atoms with Crippen LogP contribution >= 0.6 is 15.9 Å². The number of H-pyrrole nitrogens is 1. The van der Waals surface area contributed by atoms with Crippen LogP contribution < -0.4 is 5.56 Å². The molecule has 3 nitrogen and oxygen atoms in total. The Morgan fingerprint density at radius 1 is 1.30 bits per heavy atom. The van der Waals surface area contributed by atoms with E-state index in [4.69, 9.17) is 4.98 Å². The van der Waals surface area contributed by atoms with Crippen molar-refractivity contribution in [1.82, 2.24) is 9.97 Å². The number of hydrogen-bond acceptors (Lipinski definition) is 2. The van der Waals surface area contributed by atoms with E-state index in [1.165, 1.54) is 12.8 Å². The number of nitrogens with zero attached hydrogens (tertiary/aromatic N) is 1. The van der Waals surface area contributed by atoms with Crippen molar-refractivity contribution in [2.75, 3.05) is 0 Å². The monoisotopic (exact) mass is 332 g/mol. The van der Waals surface area contributed by atoms with Gasteiger partial charge in [-0.2, -0.15) is 0 Å². The molecule has 0 unspecified atom stereocenters. The van der Waals surface area contributed by atoms with Gasteiger partial charge < -0.3 is 4.98 Å². The summed E-state index contributed by atoms with van der Waals surface area (Å²) in [5.74, 6) is 1.08. The van der Waals surface area contributed by atoms with Gasteiger partial charge in [0.05, 0.1) is 5.69 Å². The maximum atomic E-state index is 12.1. The average Bonchev–Trinajstić information content (AvgIpc) is 2.95. The van der Waals surface area contributed by atoms with E-state index in [1.807, 2.05) is 31.2 Å². The lowest BCUT2D eigenvalue weighted by atomic mass is 10.0. The summed E-state index contributed by atoms with van der Waals surface area (Å²) in [6, 6.07) is 8.06. The highest BCUT2D eigenvalue weighted by atomic mass is 79.9. The maximum absolute atomic E-state index is 12.1. The molecule has 3 rings (SSSR count). The van der Waals surface area contributed by atoms with E-state index in [9.17, 15) is 4.79 Å². The maximum Gasteiger partial charge on any atom is 0.265 e. The van der Waals surface area contributed by atoms with Crippen molar-refractivity contribution >= 4 is 15.9 Å². The van der Waals surface area contributed by atoms with Gasteiger partial charge >= 0.3 is 0 Å². The Labute approximate surface area is 126 Å². The fourth-order valence-electron chi connectivity index (χ4n) is 2.88. The normalized spacial score (nSPS) is 15.7. The summed E-state index contributed by atoms with van der Waals surface area (Å²) < 4.78 is 0.598. The highest BCUT2D eigenvalue weighted by molar-refractivity contribution is 9.10. The Hall–Kier alpha value is -1.42. The van der Waals surface area contributed by atoms with Crippen LogP contribution in [0.4, 0.5) is 0 Å². The van der Waals surface area contributed by atoms with Crippen LogP contribution in [0.25, 0.3) is 11.4 Å². The van der Waals surface area contributed by atoms with Crippen LogP contribution in [0.15, 0.2) is 33.5 Å². The topological polar surface area (TPSA) is 45.8 Å². The van der Waals surface area contributed by atoms with Gasteiger partial charge in [-0.25, -0.2) is 4.98 Å². The van der Waals surface area contributed by atoms with Gasteiger partial charge in [0.25, 0.3) is 5.56 Å². The molecule has 2 aromatic rings. The Kier molecular flexibility index (Phi) is 3.74. The number of benzene rings is 1. The molecule has 1 aromatic heterocycles. The highest BCUT2D eigenvalue weighted by Crippen LogP contribution is 2.36. The largest absolute Gasteiger partial charge is 0.306 e. The van der Waals surface area contributed by atoms with E-state index in [1.54, 1.807) is 0 Å². The van der Waals surface area contributed by atoms with Crippen molar-refractivity contribution in [3.8, 4) is 11.4 Å². The molecule has 1 saturated carbocycles. The zero-order valence-corrected chi connectivity index (χ0v) is 13.0. The fourth-order valence-corrected chi connectivity index (χ4v) is 3.39. The third kappa shape index (κ3) is 2.57. The molecule has 1 aliphatic rings. The Morgan fingerprint density at radius 3 is 2.75 bits per heavy atom. The van der Waals surface area contributed by atoms with Gasteiger partial charge in [-0.15, -0.1) is 0 Å². The van der Waals surface area contributed by atoms with Crippen molar-refractivity contribution in [1.29, 1.82) is 0 Å². The molecule has 1 heterocycles. The summed E-state index contributed by atoms with van der Waals surface area (Å²) in [4.78, 5) is 19.7. The van der Waals surface area contributed by atoms with Crippen LogP contribution in [0.3, 0.4) is 0 Å². The zero-order valence-electron chi connectivity index (χ0n) is 11.4. The van der Waals surface area contributed by atoms with Gasteiger partial charge in [0.1, 0.15) is 10.3 Å². The average molecular weight is 333 g/mol. The lowest BCUT2D eigenvalue weighted by Crippen LogP contribution is -2.15. The number of aromatic amines is 1. The van der Waals surface area contributed by atoms with E-state index in [2.05, 4.69) is 20.9 Å². The van der Waals surface area contributed by atoms with Gasteiger partial charge in [0.2, 0.25) is 0 Å². The van der Waals surface area contributed by atoms with Crippen molar-refractivity contribution in [2.45, 2.75) is 38.5 Å². The van der Waals surface area contributed by atoms with Gasteiger partial charge in [0.15, 0.2) is 0 Å². The minimum Gasteiger partial charge on any atom is -0.306 e. The first-order chi connectivity index (χ1) is 9.65. The number of nitrogens with one attached hydrogen (secondary N) is 1. The third-order valence-electron chi connectivity index (χ3n) is 3.92. The van der Waals surface area contributed by atoms with Gasteiger partial charge in [0, 0.05) is 11.5 Å². The van der Waals surface area contributed by atoms with Gasteiger partial charge in [-0.3, -0.25) is 4.79 Å². The van der Waals surface area contributed by atoms with Crippen LogP contribution in [0.2, 0.25) is 0 Å². The second-order valence-electron chi connectivity index (χ2n) is 5.46. The summed E-state index contributed by atoms with van der Waals surface area (Å²) in [5.41, 5.74) is 2.96. The Morgan fingerprint density at radius 2 is 2.05 bits per heavy atom. The molecule has 0 amide bonds. The summed E-state index contributed by atoms with van der Waals surface area (Å²) in [7, 11) is 0. The fraction of sp³-hybridized carbons (Fsp3) is 0.375. The van der Waals surface area contributed by atoms with E-state index in [0.29, 0.717) is 16.2 Å². The molecule has 20 heavy (non-hydrogen) atoms. The predicted molar refractivity (Wildman–Crippen MR) is 83.9 cm³/mol. The minimum atomic E-state index is -0.0848. The molecule has 1 N–H and O–H groups in total. The van der Waals surface area contributed by atoms with Crippen LogP contribution in [-0.4, -0.2) is 9.97 Å². The highest BCUT2D eigenvalue weighted by Gasteiger charge is 2.23.